The second-order valence-corrected chi connectivity index (χ2v) is 5.71. The highest BCUT2D eigenvalue weighted by atomic mass is 35.5. The second-order valence-electron chi connectivity index (χ2n) is 5.27. The van der Waals surface area contributed by atoms with E-state index in [2.05, 4.69) is 0 Å². The van der Waals surface area contributed by atoms with E-state index < -0.39 is 17.2 Å². The van der Waals surface area contributed by atoms with Gasteiger partial charge in [0.2, 0.25) is 0 Å². The van der Waals surface area contributed by atoms with Crippen LogP contribution in [0, 0.1) is 0 Å². The molecule has 2 N–H and O–H groups in total. The number of hydrogen-bond acceptors (Lipinski definition) is 4. The lowest BCUT2D eigenvalue weighted by atomic mass is 9.95. The van der Waals surface area contributed by atoms with Crippen molar-refractivity contribution >= 4 is 17.6 Å². The maximum atomic E-state index is 11.6. The Morgan fingerprint density at radius 3 is 2.67 bits per heavy atom. The quantitative estimate of drug-likeness (QED) is 0.797. The summed E-state index contributed by atoms with van der Waals surface area (Å²) in [4.78, 5) is 11.6. The molecule has 5 heteroatoms. The number of halogens is 1. The van der Waals surface area contributed by atoms with Crippen molar-refractivity contribution in [1.82, 2.24) is 0 Å². The van der Waals surface area contributed by atoms with Gasteiger partial charge in [0, 0.05) is 18.0 Å². The lowest BCUT2D eigenvalue weighted by molar-refractivity contribution is -0.164. The fourth-order valence-corrected chi connectivity index (χ4v) is 1.67. The van der Waals surface area contributed by atoms with Crippen LogP contribution in [0.15, 0.2) is 23.3 Å². The number of rotatable bonds is 4. The SMILES string of the molecule is CC(C)(C)OC(=O)COC1(CN)C=CC(Cl)=CC1. The molecule has 0 bridgehead atoms. The average molecular weight is 274 g/mol. The first-order valence-corrected chi connectivity index (χ1v) is 6.25. The van der Waals surface area contributed by atoms with Crippen LogP contribution in [0.4, 0.5) is 0 Å². The normalized spacial score (nSPS) is 23.7. The van der Waals surface area contributed by atoms with Crippen molar-refractivity contribution in [3.63, 3.8) is 0 Å². The zero-order valence-electron chi connectivity index (χ0n) is 11.0. The van der Waals surface area contributed by atoms with Gasteiger partial charge in [0.05, 0.1) is 0 Å². The van der Waals surface area contributed by atoms with Crippen molar-refractivity contribution in [3.8, 4) is 0 Å². The second kappa shape index (κ2) is 5.87. The van der Waals surface area contributed by atoms with Crippen LogP contribution in [0.1, 0.15) is 27.2 Å². The highest BCUT2D eigenvalue weighted by Gasteiger charge is 2.29. The minimum Gasteiger partial charge on any atom is -0.458 e. The van der Waals surface area contributed by atoms with Gasteiger partial charge in [-0.05, 0) is 32.9 Å². The van der Waals surface area contributed by atoms with Crippen LogP contribution < -0.4 is 5.73 Å². The first-order chi connectivity index (χ1) is 8.26. The van der Waals surface area contributed by atoms with E-state index in [-0.39, 0.29) is 13.2 Å². The molecular formula is C13H20ClNO3. The van der Waals surface area contributed by atoms with E-state index in [1.807, 2.05) is 26.8 Å². The molecule has 0 amide bonds. The predicted molar refractivity (Wildman–Crippen MR) is 71.3 cm³/mol. The number of carbonyl (C=O) groups excluding carboxylic acids is 1. The summed E-state index contributed by atoms with van der Waals surface area (Å²) in [6.07, 6.45) is 5.90. The first kappa shape index (κ1) is 15.2. The highest BCUT2D eigenvalue weighted by molar-refractivity contribution is 6.31. The van der Waals surface area contributed by atoms with Crippen LogP contribution in [-0.4, -0.2) is 30.3 Å². The highest BCUT2D eigenvalue weighted by Crippen LogP contribution is 2.25. The van der Waals surface area contributed by atoms with Crippen molar-refractivity contribution in [1.29, 1.82) is 0 Å². The minimum atomic E-state index is -0.657. The fourth-order valence-electron chi connectivity index (χ4n) is 1.53. The Labute approximate surface area is 113 Å². The van der Waals surface area contributed by atoms with Gasteiger partial charge in [0.1, 0.15) is 17.8 Å². The number of allylic oxidation sites excluding steroid dienone is 2. The van der Waals surface area contributed by atoms with Crippen molar-refractivity contribution in [3.05, 3.63) is 23.3 Å². The summed E-state index contributed by atoms with van der Waals surface area (Å²) in [5, 5.41) is 0.653. The Morgan fingerprint density at radius 2 is 2.22 bits per heavy atom. The average Bonchev–Trinajstić information content (AvgIpc) is 2.27. The molecule has 0 aromatic rings. The molecule has 0 radical (unpaired) electrons. The Hall–Kier alpha value is -0.840. The number of ether oxygens (including phenoxy) is 2. The molecule has 0 saturated heterocycles. The van der Waals surface area contributed by atoms with Gasteiger partial charge in [-0.25, -0.2) is 4.79 Å². The minimum absolute atomic E-state index is 0.121. The summed E-state index contributed by atoms with van der Waals surface area (Å²) < 4.78 is 10.8. The van der Waals surface area contributed by atoms with E-state index in [0.29, 0.717) is 11.5 Å². The summed E-state index contributed by atoms with van der Waals surface area (Å²) in [5.41, 5.74) is 4.53. The van der Waals surface area contributed by atoms with E-state index in [4.69, 9.17) is 26.8 Å². The molecular weight excluding hydrogens is 254 g/mol. The molecule has 0 aliphatic heterocycles. The summed E-state index contributed by atoms with van der Waals surface area (Å²) in [6, 6.07) is 0. The van der Waals surface area contributed by atoms with Crippen molar-refractivity contribution in [2.45, 2.75) is 38.4 Å². The van der Waals surface area contributed by atoms with Crippen LogP contribution in [0.5, 0.6) is 0 Å². The van der Waals surface area contributed by atoms with Crippen molar-refractivity contribution in [2.24, 2.45) is 5.73 Å². The monoisotopic (exact) mass is 273 g/mol. The molecule has 1 atom stereocenters. The van der Waals surface area contributed by atoms with Crippen LogP contribution >= 0.6 is 11.6 Å². The van der Waals surface area contributed by atoms with Gasteiger partial charge in [-0.2, -0.15) is 0 Å². The molecule has 4 nitrogen and oxygen atoms in total. The van der Waals surface area contributed by atoms with Gasteiger partial charge in [-0.1, -0.05) is 17.7 Å². The smallest absolute Gasteiger partial charge is 0.332 e. The fraction of sp³-hybridized carbons (Fsp3) is 0.615. The lowest BCUT2D eigenvalue weighted by Gasteiger charge is -2.30. The van der Waals surface area contributed by atoms with E-state index in [9.17, 15) is 4.79 Å². The van der Waals surface area contributed by atoms with E-state index >= 15 is 0 Å². The van der Waals surface area contributed by atoms with Gasteiger partial charge in [0.15, 0.2) is 0 Å². The maximum absolute atomic E-state index is 11.6. The third-order valence-electron chi connectivity index (χ3n) is 2.43. The molecule has 1 aliphatic rings. The first-order valence-electron chi connectivity index (χ1n) is 5.87. The van der Waals surface area contributed by atoms with Gasteiger partial charge < -0.3 is 15.2 Å². The molecule has 0 spiro atoms. The van der Waals surface area contributed by atoms with Gasteiger partial charge in [-0.3, -0.25) is 0 Å². The Balaban J connectivity index is 2.51. The van der Waals surface area contributed by atoms with E-state index in [0.717, 1.165) is 0 Å². The summed E-state index contributed by atoms with van der Waals surface area (Å²) in [6.45, 7) is 5.60. The summed E-state index contributed by atoms with van der Waals surface area (Å²) >= 11 is 5.84. The molecule has 0 heterocycles. The molecule has 1 unspecified atom stereocenters. The zero-order chi connectivity index (χ0) is 13.8. The van der Waals surface area contributed by atoms with Gasteiger partial charge in [0.25, 0.3) is 0 Å². The number of esters is 1. The topological polar surface area (TPSA) is 61.5 Å². The summed E-state index contributed by atoms with van der Waals surface area (Å²) in [5.74, 6) is -0.399. The Kier molecular flexibility index (Phi) is 4.96. The number of hydrogen-bond donors (Lipinski definition) is 1. The van der Waals surface area contributed by atoms with Crippen molar-refractivity contribution < 1.29 is 14.3 Å². The molecule has 0 aromatic heterocycles. The standard InChI is InChI=1S/C13H20ClNO3/c1-12(2,3)18-11(16)8-17-13(9-15)6-4-10(14)5-7-13/h4-6H,7-9,15H2,1-3H3. The molecule has 1 aliphatic carbocycles. The molecule has 1 rings (SSSR count). The third kappa shape index (κ3) is 4.80. The van der Waals surface area contributed by atoms with Crippen LogP contribution in [0.25, 0.3) is 0 Å². The molecule has 0 aromatic carbocycles. The van der Waals surface area contributed by atoms with E-state index in [1.54, 1.807) is 12.2 Å². The zero-order valence-corrected chi connectivity index (χ0v) is 11.8. The third-order valence-corrected chi connectivity index (χ3v) is 2.71. The number of carbonyl (C=O) groups is 1. The number of nitrogens with two attached hydrogens (primary N) is 1. The van der Waals surface area contributed by atoms with Gasteiger partial charge in [-0.15, -0.1) is 0 Å². The van der Waals surface area contributed by atoms with Crippen LogP contribution in [-0.2, 0) is 14.3 Å². The molecule has 0 fully saturated rings. The van der Waals surface area contributed by atoms with Gasteiger partial charge >= 0.3 is 5.97 Å². The lowest BCUT2D eigenvalue weighted by Crippen LogP contribution is -2.41. The van der Waals surface area contributed by atoms with E-state index in [1.165, 1.54) is 0 Å². The molecule has 102 valence electrons. The molecule has 18 heavy (non-hydrogen) atoms. The predicted octanol–water partition coefficient (Wildman–Crippen LogP) is 2.12. The Bertz CT molecular complexity index is 371. The summed E-state index contributed by atoms with van der Waals surface area (Å²) in [7, 11) is 0. The largest absolute Gasteiger partial charge is 0.458 e. The molecule has 0 saturated carbocycles. The Morgan fingerprint density at radius 1 is 1.56 bits per heavy atom. The van der Waals surface area contributed by atoms with Crippen LogP contribution in [0.3, 0.4) is 0 Å². The maximum Gasteiger partial charge on any atom is 0.332 e. The van der Waals surface area contributed by atoms with Crippen LogP contribution in [0.2, 0.25) is 0 Å². The van der Waals surface area contributed by atoms with Crippen molar-refractivity contribution in [2.75, 3.05) is 13.2 Å².